The first kappa shape index (κ1) is 17.5. The van der Waals surface area contributed by atoms with Crippen LogP contribution >= 0.6 is 11.8 Å². The first-order chi connectivity index (χ1) is 12.4. The summed E-state index contributed by atoms with van der Waals surface area (Å²) >= 11 is -0.0878. The molecule has 3 nitrogen and oxygen atoms in total. The lowest BCUT2D eigenvalue weighted by molar-refractivity contribution is -0.0385. The Morgan fingerprint density at radius 3 is 2.77 bits per heavy atom. The molecule has 2 aliphatic heterocycles. The molecule has 7 heteroatoms. The van der Waals surface area contributed by atoms with Crippen molar-refractivity contribution in [3.63, 3.8) is 0 Å². The Balaban J connectivity index is 1.72. The number of anilines is 2. The summed E-state index contributed by atoms with van der Waals surface area (Å²) in [6.45, 7) is 0.626. The molecule has 0 aliphatic carbocycles. The maximum atomic E-state index is 12.7. The summed E-state index contributed by atoms with van der Waals surface area (Å²) in [5.41, 5.74) is 5.04. The Morgan fingerprint density at radius 1 is 1.15 bits per heavy atom. The van der Waals surface area contributed by atoms with E-state index in [0.717, 1.165) is 29.7 Å². The van der Waals surface area contributed by atoms with Crippen LogP contribution in [0.5, 0.6) is 0 Å². The van der Waals surface area contributed by atoms with E-state index in [4.69, 9.17) is 10.5 Å². The van der Waals surface area contributed by atoms with Gasteiger partial charge in [0.2, 0.25) is 0 Å². The third kappa shape index (κ3) is 3.50. The van der Waals surface area contributed by atoms with Gasteiger partial charge in [-0.25, -0.2) is 0 Å². The van der Waals surface area contributed by atoms with Gasteiger partial charge in [-0.15, -0.1) is 0 Å². The van der Waals surface area contributed by atoms with Gasteiger partial charge in [0.05, 0.1) is 12.1 Å². The molecule has 2 aromatic rings. The topological polar surface area (TPSA) is 47.3 Å². The Morgan fingerprint density at radius 2 is 2.00 bits per heavy atom. The number of thioether (sulfide) groups is 1. The summed E-state index contributed by atoms with van der Waals surface area (Å²) < 4.78 is 44.2. The molecular formula is C19H19F3N2OS. The zero-order valence-electron chi connectivity index (χ0n) is 13.9. The highest BCUT2D eigenvalue weighted by Crippen LogP contribution is 2.50. The SMILES string of the molecule is Nc1cccc(C2Nc3ccc(SC(F)(F)F)cc3C3OCCCC23)c1. The van der Waals surface area contributed by atoms with E-state index in [0.29, 0.717) is 12.3 Å². The average Bonchev–Trinajstić information content (AvgIpc) is 2.60. The number of fused-ring (bicyclic) bond motifs is 3. The molecule has 1 fully saturated rings. The molecule has 2 heterocycles. The number of nitrogens with two attached hydrogens (primary N) is 1. The summed E-state index contributed by atoms with van der Waals surface area (Å²) in [4.78, 5) is 0.188. The number of alkyl halides is 3. The van der Waals surface area contributed by atoms with Crippen LogP contribution in [0.4, 0.5) is 24.5 Å². The maximum absolute atomic E-state index is 12.7. The standard InChI is InChI=1S/C19H19F3N2OS/c20-19(21,22)26-13-6-7-16-15(10-13)18-14(5-2-8-25-18)17(24-16)11-3-1-4-12(23)9-11/h1,3-4,6-7,9-10,14,17-18,24H,2,5,8,23H2. The molecule has 0 amide bonds. The second-order valence-corrected chi connectivity index (χ2v) is 7.82. The van der Waals surface area contributed by atoms with Crippen molar-refractivity contribution >= 4 is 23.1 Å². The Hall–Kier alpha value is -1.86. The van der Waals surface area contributed by atoms with E-state index in [9.17, 15) is 13.2 Å². The molecule has 0 radical (unpaired) electrons. The predicted octanol–water partition coefficient (Wildman–Crippen LogP) is 5.52. The zero-order chi connectivity index (χ0) is 18.3. The number of hydrogen-bond acceptors (Lipinski definition) is 4. The van der Waals surface area contributed by atoms with Crippen molar-refractivity contribution in [2.24, 2.45) is 5.92 Å². The number of nitrogen functional groups attached to an aromatic ring is 1. The van der Waals surface area contributed by atoms with Crippen LogP contribution in [-0.4, -0.2) is 12.1 Å². The fraction of sp³-hybridized carbons (Fsp3) is 0.368. The van der Waals surface area contributed by atoms with Crippen molar-refractivity contribution in [2.45, 2.75) is 35.4 Å². The molecule has 4 rings (SSSR count). The van der Waals surface area contributed by atoms with Gasteiger partial charge in [-0.3, -0.25) is 0 Å². The lowest BCUT2D eigenvalue weighted by Crippen LogP contribution is -2.36. The molecule has 0 aromatic heterocycles. The smallest absolute Gasteiger partial charge is 0.399 e. The van der Waals surface area contributed by atoms with Crippen LogP contribution in [0.25, 0.3) is 0 Å². The summed E-state index contributed by atoms with van der Waals surface area (Å²) in [5.74, 6) is 0.157. The second-order valence-electron chi connectivity index (χ2n) is 6.69. The number of rotatable bonds is 2. The van der Waals surface area contributed by atoms with Crippen molar-refractivity contribution in [3.05, 3.63) is 53.6 Å². The fourth-order valence-corrected chi connectivity index (χ4v) is 4.52. The molecule has 3 N–H and O–H groups in total. The first-order valence-electron chi connectivity index (χ1n) is 8.54. The second kappa shape index (κ2) is 6.70. The Kier molecular flexibility index (Phi) is 4.52. The Bertz CT molecular complexity index is 812. The van der Waals surface area contributed by atoms with Gasteiger partial charge in [0.1, 0.15) is 0 Å². The summed E-state index contributed by atoms with van der Waals surface area (Å²) in [7, 11) is 0. The number of halogens is 3. The highest BCUT2D eigenvalue weighted by Gasteiger charge is 2.40. The van der Waals surface area contributed by atoms with Crippen LogP contribution in [0, 0.1) is 5.92 Å². The van der Waals surface area contributed by atoms with Gasteiger partial charge in [0.15, 0.2) is 0 Å². The lowest BCUT2D eigenvalue weighted by Gasteiger charge is -2.43. The molecule has 3 atom stereocenters. The predicted molar refractivity (Wildman–Crippen MR) is 97.0 cm³/mol. The Labute approximate surface area is 154 Å². The van der Waals surface area contributed by atoms with Crippen LogP contribution in [0.15, 0.2) is 47.4 Å². The van der Waals surface area contributed by atoms with Crippen molar-refractivity contribution in [3.8, 4) is 0 Å². The van der Waals surface area contributed by atoms with Crippen LogP contribution < -0.4 is 11.1 Å². The van der Waals surface area contributed by atoms with E-state index in [-0.39, 0.29) is 34.7 Å². The molecule has 2 aromatic carbocycles. The minimum absolute atomic E-state index is 0.0254. The molecule has 1 saturated heterocycles. The fourth-order valence-electron chi connectivity index (χ4n) is 3.93. The molecule has 138 valence electrons. The van der Waals surface area contributed by atoms with Gasteiger partial charge >= 0.3 is 5.51 Å². The third-order valence-corrected chi connectivity index (χ3v) is 5.66. The maximum Gasteiger partial charge on any atom is 0.446 e. The van der Waals surface area contributed by atoms with Gasteiger partial charge < -0.3 is 15.8 Å². The van der Waals surface area contributed by atoms with Gasteiger partial charge in [0.25, 0.3) is 0 Å². The third-order valence-electron chi connectivity index (χ3n) is 4.94. The number of hydrogen-bond donors (Lipinski definition) is 2. The molecule has 0 saturated carbocycles. The van der Waals surface area contributed by atoms with E-state index in [2.05, 4.69) is 5.32 Å². The molecule has 26 heavy (non-hydrogen) atoms. The van der Waals surface area contributed by atoms with E-state index < -0.39 is 5.51 Å². The van der Waals surface area contributed by atoms with E-state index in [1.165, 1.54) is 6.07 Å². The van der Waals surface area contributed by atoms with E-state index in [1.807, 2.05) is 24.3 Å². The van der Waals surface area contributed by atoms with Gasteiger partial charge in [0, 0.05) is 34.4 Å². The van der Waals surface area contributed by atoms with Crippen LogP contribution in [-0.2, 0) is 4.74 Å². The molecule has 2 aliphatic rings. The number of nitrogens with one attached hydrogen (secondary N) is 1. The monoisotopic (exact) mass is 380 g/mol. The van der Waals surface area contributed by atoms with Gasteiger partial charge in [-0.2, -0.15) is 13.2 Å². The number of benzene rings is 2. The van der Waals surface area contributed by atoms with E-state index in [1.54, 1.807) is 12.1 Å². The molecule has 0 bridgehead atoms. The van der Waals surface area contributed by atoms with Crippen molar-refractivity contribution in [1.29, 1.82) is 0 Å². The summed E-state index contributed by atoms with van der Waals surface area (Å²) in [5, 5.41) is 3.50. The highest BCUT2D eigenvalue weighted by molar-refractivity contribution is 8.00. The van der Waals surface area contributed by atoms with Gasteiger partial charge in [-0.1, -0.05) is 12.1 Å². The van der Waals surface area contributed by atoms with Crippen LogP contribution in [0.2, 0.25) is 0 Å². The van der Waals surface area contributed by atoms with Crippen molar-refractivity contribution in [2.75, 3.05) is 17.7 Å². The van der Waals surface area contributed by atoms with Crippen molar-refractivity contribution in [1.82, 2.24) is 0 Å². The quantitative estimate of drug-likeness (QED) is 0.532. The van der Waals surface area contributed by atoms with Crippen molar-refractivity contribution < 1.29 is 17.9 Å². The summed E-state index contributed by atoms with van der Waals surface area (Å²) in [6, 6.07) is 12.6. The van der Waals surface area contributed by atoms with Crippen LogP contribution in [0.1, 0.15) is 36.1 Å². The normalized spacial score (nSPS) is 25.1. The lowest BCUT2D eigenvalue weighted by atomic mass is 9.77. The highest BCUT2D eigenvalue weighted by atomic mass is 32.2. The first-order valence-corrected chi connectivity index (χ1v) is 9.36. The molecular weight excluding hydrogens is 361 g/mol. The largest absolute Gasteiger partial charge is 0.446 e. The van der Waals surface area contributed by atoms with Crippen LogP contribution in [0.3, 0.4) is 0 Å². The van der Waals surface area contributed by atoms with E-state index >= 15 is 0 Å². The minimum atomic E-state index is -4.30. The molecule has 3 unspecified atom stereocenters. The minimum Gasteiger partial charge on any atom is -0.399 e. The zero-order valence-corrected chi connectivity index (χ0v) is 14.7. The number of ether oxygens (including phenoxy) is 1. The van der Waals surface area contributed by atoms with Gasteiger partial charge in [-0.05, 0) is 60.5 Å². The molecule has 0 spiro atoms. The summed E-state index contributed by atoms with van der Waals surface area (Å²) in [6.07, 6.45) is 1.68. The average molecular weight is 380 g/mol.